The maximum atomic E-state index is 5.40. The van der Waals surface area contributed by atoms with Crippen molar-refractivity contribution in [2.45, 2.75) is 18.8 Å². The molecule has 0 saturated carbocycles. The molecule has 3 heteroatoms. The summed E-state index contributed by atoms with van der Waals surface area (Å²) in [5, 5.41) is 3.49. The molecule has 1 saturated heterocycles. The Morgan fingerprint density at radius 2 is 1.71 bits per heavy atom. The van der Waals surface area contributed by atoms with Crippen LogP contribution < -0.4 is 14.8 Å². The summed E-state index contributed by atoms with van der Waals surface area (Å²) >= 11 is 0. The van der Waals surface area contributed by atoms with Crippen molar-refractivity contribution in [2.24, 2.45) is 5.92 Å². The molecule has 1 aromatic rings. The third-order valence-corrected chi connectivity index (χ3v) is 4.38. The van der Waals surface area contributed by atoms with Crippen molar-refractivity contribution < 1.29 is 9.47 Å². The largest absolute Gasteiger partial charge is 0.493 e. The van der Waals surface area contributed by atoms with Crippen LogP contribution in [0.1, 0.15) is 29.9 Å². The molecular weight excluding hydrogens is 214 g/mol. The highest BCUT2D eigenvalue weighted by Crippen LogP contribution is 2.50. The molecule has 0 spiro atoms. The van der Waals surface area contributed by atoms with Crippen LogP contribution in [0, 0.1) is 5.92 Å². The second kappa shape index (κ2) is 3.91. The van der Waals surface area contributed by atoms with E-state index >= 15 is 0 Å². The number of ether oxygens (including phenoxy) is 2. The Morgan fingerprint density at radius 3 is 2.35 bits per heavy atom. The average Bonchev–Trinajstić information content (AvgIpc) is 2.92. The second-order valence-corrected chi connectivity index (χ2v) is 5.05. The first-order valence-electron chi connectivity index (χ1n) is 6.22. The molecule has 1 heterocycles. The smallest absolute Gasteiger partial charge is 0.161 e. The quantitative estimate of drug-likeness (QED) is 0.848. The van der Waals surface area contributed by atoms with Crippen LogP contribution in [0.2, 0.25) is 0 Å². The summed E-state index contributed by atoms with van der Waals surface area (Å²) in [5.74, 6) is 3.71. The van der Waals surface area contributed by atoms with Gasteiger partial charge in [0.15, 0.2) is 11.5 Å². The van der Waals surface area contributed by atoms with Gasteiger partial charge >= 0.3 is 0 Å². The van der Waals surface area contributed by atoms with Gasteiger partial charge in [-0.25, -0.2) is 0 Å². The van der Waals surface area contributed by atoms with Crippen LogP contribution in [0.5, 0.6) is 11.5 Å². The molecule has 0 radical (unpaired) electrons. The molecule has 1 aromatic carbocycles. The van der Waals surface area contributed by atoms with Gasteiger partial charge in [-0.1, -0.05) is 6.92 Å². The number of rotatable bonds is 2. The van der Waals surface area contributed by atoms with Gasteiger partial charge in [0, 0.05) is 12.5 Å². The summed E-state index contributed by atoms with van der Waals surface area (Å²) < 4.78 is 10.8. The Hall–Kier alpha value is -1.22. The van der Waals surface area contributed by atoms with E-state index in [1.807, 2.05) is 0 Å². The number of hydrogen-bond donors (Lipinski definition) is 1. The third kappa shape index (κ3) is 1.45. The van der Waals surface area contributed by atoms with E-state index < -0.39 is 0 Å². The summed E-state index contributed by atoms with van der Waals surface area (Å²) in [7, 11) is 3.40. The fourth-order valence-corrected chi connectivity index (χ4v) is 3.42. The van der Waals surface area contributed by atoms with Gasteiger partial charge in [-0.05, 0) is 41.6 Å². The van der Waals surface area contributed by atoms with Crippen molar-refractivity contribution in [3.05, 3.63) is 23.3 Å². The highest BCUT2D eigenvalue weighted by molar-refractivity contribution is 5.53. The van der Waals surface area contributed by atoms with E-state index in [9.17, 15) is 0 Å². The maximum Gasteiger partial charge on any atom is 0.161 e. The zero-order valence-corrected chi connectivity index (χ0v) is 10.6. The van der Waals surface area contributed by atoms with Gasteiger partial charge in [-0.3, -0.25) is 0 Å². The molecule has 1 fully saturated rings. The molecular formula is C14H19NO2. The zero-order valence-electron chi connectivity index (χ0n) is 10.6. The molecule has 92 valence electrons. The van der Waals surface area contributed by atoms with Crippen LogP contribution in [0.15, 0.2) is 12.1 Å². The third-order valence-electron chi connectivity index (χ3n) is 4.38. The highest BCUT2D eigenvalue weighted by atomic mass is 16.5. The van der Waals surface area contributed by atoms with Crippen molar-refractivity contribution in [2.75, 3.05) is 27.3 Å². The number of nitrogens with one attached hydrogen (secondary N) is 1. The molecule has 2 aliphatic rings. The average molecular weight is 233 g/mol. The lowest BCUT2D eigenvalue weighted by Crippen LogP contribution is -2.12. The molecule has 3 unspecified atom stereocenters. The van der Waals surface area contributed by atoms with E-state index in [2.05, 4.69) is 24.4 Å². The predicted molar refractivity (Wildman–Crippen MR) is 67.1 cm³/mol. The monoisotopic (exact) mass is 233 g/mol. The normalized spacial score (nSPS) is 29.9. The molecule has 1 aliphatic carbocycles. The second-order valence-electron chi connectivity index (χ2n) is 5.05. The van der Waals surface area contributed by atoms with Crippen molar-refractivity contribution in [1.82, 2.24) is 5.32 Å². The van der Waals surface area contributed by atoms with Crippen molar-refractivity contribution in [3.63, 3.8) is 0 Å². The number of methoxy groups -OCH3 is 2. The van der Waals surface area contributed by atoms with E-state index in [4.69, 9.17) is 9.47 Å². The van der Waals surface area contributed by atoms with Gasteiger partial charge in [0.2, 0.25) is 0 Å². The molecule has 0 aromatic heterocycles. The van der Waals surface area contributed by atoms with Crippen LogP contribution in [0.3, 0.4) is 0 Å². The van der Waals surface area contributed by atoms with Crippen LogP contribution in [-0.2, 0) is 0 Å². The summed E-state index contributed by atoms with van der Waals surface area (Å²) in [6.45, 7) is 4.55. The molecule has 0 amide bonds. The van der Waals surface area contributed by atoms with Crippen LogP contribution in [-0.4, -0.2) is 27.3 Å². The van der Waals surface area contributed by atoms with Gasteiger partial charge in [0.1, 0.15) is 0 Å². The van der Waals surface area contributed by atoms with E-state index in [0.29, 0.717) is 11.8 Å². The lowest BCUT2D eigenvalue weighted by atomic mass is 9.91. The number of fused-ring (bicyclic) bond motifs is 3. The molecule has 3 atom stereocenters. The minimum absolute atomic E-state index is 0.616. The van der Waals surface area contributed by atoms with Crippen molar-refractivity contribution >= 4 is 0 Å². The minimum Gasteiger partial charge on any atom is -0.493 e. The van der Waals surface area contributed by atoms with E-state index in [0.717, 1.165) is 30.5 Å². The Labute approximate surface area is 102 Å². The molecule has 17 heavy (non-hydrogen) atoms. The molecule has 3 rings (SSSR count). The Morgan fingerprint density at radius 1 is 1.06 bits per heavy atom. The van der Waals surface area contributed by atoms with E-state index in [1.165, 1.54) is 11.1 Å². The van der Waals surface area contributed by atoms with Gasteiger partial charge < -0.3 is 14.8 Å². The minimum atomic E-state index is 0.616. The van der Waals surface area contributed by atoms with Gasteiger partial charge in [0.05, 0.1) is 14.2 Å². The predicted octanol–water partition coefficient (Wildman–Crippen LogP) is 2.12. The Balaban J connectivity index is 2.11. The van der Waals surface area contributed by atoms with Crippen molar-refractivity contribution in [1.29, 1.82) is 0 Å². The molecule has 3 nitrogen and oxygen atoms in total. The zero-order chi connectivity index (χ0) is 12.0. The Kier molecular flexibility index (Phi) is 2.51. The van der Waals surface area contributed by atoms with Crippen LogP contribution in [0.25, 0.3) is 0 Å². The van der Waals surface area contributed by atoms with Crippen LogP contribution in [0.4, 0.5) is 0 Å². The topological polar surface area (TPSA) is 30.5 Å². The van der Waals surface area contributed by atoms with Gasteiger partial charge in [-0.2, -0.15) is 0 Å². The first-order chi connectivity index (χ1) is 8.26. The number of hydrogen-bond acceptors (Lipinski definition) is 3. The standard InChI is InChI=1S/C14H19NO2/c1-8-9-4-13(16-2)14(17-3)5-10(9)12-7-15-6-11(8)12/h4-5,8,11-12,15H,6-7H2,1-3H3. The molecule has 1 aliphatic heterocycles. The summed E-state index contributed by atoms with van der Waals surface area (Å²) in [5.41, 5.74) is 2.89. The first-order valence-corrected chi connectivity index (χ1v) is 6.22. The molecule has 1 N–H and O–H groups in total. The van der Waals surface area contributed by atoms with E-state index in [-0.39, 0.29) is 0 Å². The lowest BCUT2D eigenvalue weighted by molar-refractivity contribution is 0.354. The molecule has 0 bridgehead atoms. The van der Waals surface area contributed by atoms with Crippen LogP contribution >= 0.6 is 0 Å². The van der Waals surface area contributed by atoms with Gasteiger partial charge in [-0.15, -0.1) is 0 Å². The lowest BCUT2D eigenvalue weighted by Gasteiger charge is -2.14. The fraction of sp³-hybridized carbons (Fsp3) is 0.571. The highest BCUT2D eigenvalue weighted by Gasteiger charge is 2.41. The van der Waals surface area contributed by atoms with Crippen molar-refractivity contribution in [3.8, 4) is 11.5 Å². The van der Waals surface area contributed by atoms with E-state index in [1.54, 1.807) is 14.2 Å². The SMILES string of the molecule is COc1cc2c(cc1OC)C1CNCC1C2C. The van der Waals surface area contributed by atoms with Gasteiger partial charge in [0.25, 0.3) is 0 Å². The summed E-state index contributed by atoms with van der Waals surface area (Å²) in [6, 6.07) is 4.33. The Bertz CT molecular complexity index is 444. The fourth-order valence-electron chi connectivity index (χ4n) is 3.42. The number of benzene rings is 1. The summed E-state index contributed by atoms with van der Waals surface area (Å²) in [4.78, 5) is 0. The summed E-state index contributed by atoms with van der Waals surface area (Å²) in [6.07, 6.45) is 0. The first kappa shape index (κ1) is 10.9. The maximum absolute atomic E-state index is 5.40.